The minimum atomic E-state index is 0.0636. The van der Waals surface area contributed by atoms with E-state index in [1.807, 2.05) is 0 Å². The maximum absolute atomic E-state index is 6.01. The van der Waals surface area contributed by atoms with Gasteiger partial charge in [-0.1, -0.05) is 24.4 Å². The van der Waals surface area contributed by atoms with Crippen molar-refractivity contribution in [2.75, 3.05) is 0 Å². The van der Waals surface area contributed by atoms with E-state index >= 15 is 0 Å². The molecule has 0 saturated heterocycles. The Labute approximate surface area is 83.1 Å². The topological polar surface area (TPSA) is 38.9 Å². The number of aromatic nitrogens is 1. The number of hydrogen-bond donors (Lipinski definition) is 1. The van der Waals surface area contributed by atoms with E-state index < -0.39 is 0 Å². The molecule has 0 radical (unpaired) electrons. The first-order valence-electron chi connectivity index (χ1n) is 4.62. The quantitative estimate of drug-likeness (QED) is 0.807. The molecular formula is C10H13ClN2. The van der Waals surface area contributed by atoms with Gasteiger partial charge in [0.1, 0.15) is 0 Å². The molecule has 1 saturated carbocycles. The average Bonchev–Trinajstić information content (AvgIpc) is 2.89. The van der Waals surface area contributed by atoms with Gasteiger partial charge in [-0.15, -0.1) is 0 Å². The molecule has 1 atom stereocenters. The molecule has 0 spiro atoms. The van der Waals surface area contributed by atoms with Crippen LogP contribution in [0.15, 0.2) is 18.5 Å². The SMILES string of the molecule is N[C@@H](CC1CC1)c1cnccc1Cl. The first-order chi connectivity index (χ1) is 6.27. The minimum absolute atomic E-state index is 0.0636. The van der Waals surface area contributed by atoms with Crippen LogP contribution in [0.3, 0.4) is 0 Å². The Kier molecular flexibility index (Phi) is 2.51. The third-order valence-corrected chi connectivity index (χ3v) is 2.82. The summed E-state index contributed by atoms with van der Waals surface area (Å²) in [7, 11) is 0. The Morgan fingerprint density at radius 3 is 3.00 bits per heavy atom. The lowest BCUT2D eigenvalue weighted by molar-refractivity contribution is 0.595. The van der Waals surface area contributed by atoms with Gasteiger partial charge in [-0.3, -0.25) is 4.98 Å². The molecule has 1 aliphatic carbocycles. The summed E-state index contributed by atoms with van der Waals surface area (Å²) in [4.78, 5) is 4.03. The van der Waals surface area contributed by atoms with Crippen LogP contribution in [0.4, 0.5) is 0 Å². The van der Waals surface area contributed by atoms with Crippen LogP contribution in [0.1, 0.15) is 30.9 Å². The lowest BCUT2D eigenvalue weighted by atomic mass is 10.0. The number of nitrogens with two attached hydrogens (primary N) is 1. The van der Waals surface area contributed by atoms with Gasteiger partial charge in [-0.25, -0.2) is 0 Å². The van der Waals surface area contributed by atoms with E-state index in [1.54, 1.807) is 18.5 Å². The fraction of sp³-hybridized carbons (Fsp3) is 0.500. The third-order valence-electron chi connectivity index (χ3n) is 2.48. The van der Waals surface area contributed by atoms with Crippen LogP contribution >= 0.6 is 11.6 Å². The van der Waals surface area contributed by atoms with Crippen LogP contribution in [-0.2, 0) is 0 Å². The molecular weight excluding hydrogens is 184 g/mol. The first kappa shape index (κ1) is 8.97. The molecule has 1 aromatic rings. The van der Waals surface area contributed by atoms with Crippen molar-refractivity contribution in [1.82, 2.24) is 4.98 Å². The predicted octanol–water partition coefficient (Wildman–Crippen LogP) is 2.53. The number of rotatable bonds is 3. The lowest BCUT2D eigenvalue weighted by Crippen LogP contribution is -2.11. The largest absolute Gasteiger partial charge is 0.324 e. The van der Waals surface area contributed by atoms with Crippen molar-refractivity contribution < 1.29 is 0 Å². The molecule has 1 aromatic heterocycles. The highest BCUT2D eigenvalue weighted by atomic mass is 35.5. The van der Waals surface area contributed by atoms with Crippen molar-refractivity contribution in [3.63, 3.8) is 0 Å². The molecule has 0 amide bonds. The van der Waals surface area contributed by atoms with Crippen molar-refractivity contribution in [2.24, 2.45) is 11.7 Å². The van der Waals surface area contributed by atoms with E-state index in [2.05, 4.69) is 4.98 Å². The average molecular weight is 197 g/mol. The normalized spacial score (nSPS) is 18.6. The smallest absolute Gasteiger partial charge is 0.0484 e. The Morgan fingerprint density at radius 1 is 1.62 bits per heavy atom. The minimum Gasteiger partial charge on any atom is -0.324 e. The van der Waals surface area contributed by atoms with Gasteiger partial charge in [0, 0.05) is 29.0 Å². The van der Waals surface area contributed by atoms with Crippen LogP contribution in [-0.4, -0.2) is 4.98 Å². The molecule has 0 aromatic carbocycles. The van der Waals surface area contributed by atoms with Gasteiger partial charge in [0.25, 0.3) is 0 Å². The monoisotopic (exact) mass is 196 g/mol. The molecule has 70 valence electrons. The zero-order valence-corrected chi connectivity index (χ0v) is 8.17. The van der Waals surface area contributed by atoms with Crippen LogP contribution in [0.5, 0.6) is 0 Å². The summed E-state index contributed by atoms with van der Waals surface area (Å²) in [5.41, 5.74) is 6.99. The fourth-order valence-electron chi connectivity index (χ4n) is 1.50. The van der Waals surface area contributed by atoms with Gasteiger partial charge in [-0.05, 0) is 18.4 Å². The van der Waals surface area contributed by atoms with Gasteiger partial charge in [0.15, 0.2) is 0 Å². The molecule has 1 aliphatic rings. The Bertz CT molecular complexity index is 297. The lowest BCUT2D eigenvalue weighted by Gasteiger charge is -2.11. The van der Waals surface area contributed by atoms with E-state index in [9.17, 15) is 0 Å². The van der Waals surface area contributed by atoms with Crippen LogP contribution in [0.2, 0.25) is 5.02 Å². The Hall–Kier alpha value is -0.600. The van der Waals surface area contributed by atoms with E-state index in [4.69, 9.17) is 17.3 Å². The molecule has 1 fully saturated rings. The molecule has 1 heterocycles. The zero-order chi connectivity index (χ0) is 9.26. The van der Waals surface area contributed by atoms with E-state index in [-0.39, 0.29) is 6.04 Å². The number of hydrogen-bond acceptors (Lipinski definition) is 2. The fourth-order valence-corrected chi connectivity index (χ4v) is 1.75. The van der Waals surface area contributed by atoms with Gasteiger partial charge in [-0.2, -0.15) is 0 Å². The molecule has 0 bridgehead atoms. The van der Waals surface area contributed by atoms with Crippen molar-refractivity contribution in [3.05, 3.63) is 29.0 Å². The highest BCUT2D eigenvalue weighted by Crippen LogP contribution is 2.37. The summed E-state index contributed by atoms with van der Waals surface area (Å²) in [5, 5.41) is 0.739. The highest BCUT2D eigenvalue weighted by Gasteiger charge is 2.25. The van der Waals surface area contributed by atoms with Gasteiger partial charge >= 0.3 is 0 Å². The van der Waals surface area contributed by atoms with Gasteiger partial charge in [0.2, 0.25) is 0 Å². The van der Waals surface area contributed by atoms with E-state index in [0.29, 0.717) is 0 Å². The van der Waals surface area contributed by atoms with Crippen molar-refractivity contribution in [1.29, 1.82) is 0 Å². The van der Waals surface area contributed by atoms with Crippen molar-refractivity contribution in [3.8, 4) is 0 Å². The number of pyridine rings is 1. The summed E-state index contributed by atoms with van der Waals surface area (Å²) in [5.74, 6) is 0.825. The second kappa shape index (κ2) is 3.64. The Balaban J connectivity index is 2.09. The molecule has 2 nitrogen and oxygen atoms in total. The van der Waals surface area contributed by atoms with E-state index in [0.717, 1.165) is 22.9 Å². The zero-order valence-electron chi connectivity index (χ0n) is 7.41. The van der Waals surface area contributed by atoms with Gasteiger partial charge in [0.05, 0.1) is 0 Å². The number of halogens is 1. The maximum atomic E-state index is 6.01. The molecule has 3 heteroatoms. The summed E-state index contributed by atoms with van der Waals surface area (Å²) in [6, 6.07) is 1.86. The second-order valence-electron chi connectivity index (χ2n) is 3.68. The second-order valence-corrected chi connectivity index (χ2v) is 4.09. The molecule has 2 N–H and O–H groups in total. The predicted molar refractivity (Wildman–Crippen MR) is 53.5 cm³/mol. The number of nitrogens with zero attached hydrogens (tertiary/aromatic N) is 1. The molecule has 13 heavy (non-hydrogen) atoms. The van der Waals surface area contributed by atoms with Crippen molar-refractivity contribution in [2.45, 2.75) is 25.3 Å². The summed E-state index contributed by atoms with van der Waals surface area (Å²) >= 11 is 6.00. The standard InChI is InChI=1S/C10H13ClN2/c11-9-3-4-13-6-8(9)10(12)5-7-1-2-7/h3-4,6-7,10H,1-2,5,12H2/t10-/m0/s1. The first-order valence-corrected chi connectivity index (χ1v) is 5.00. The highest BCUT2D eigenvalue weighted by molar-refractivity contribution is 6.31. The van der Waals surface area contributed by atoms with Crippen LogP contribution in [0, 0.1) is 5.92 Å². The maximum Gasteiger partial charge on any atom is 0.0484 e. The molecule has 2 rings (SSSR count). The van der Waals surface area contributed by atoms with Crippen LogP contribution in [0.25, 0.3) is 0 Å². The van der Waals surface area contributed by atoms with Crippen molar-refractivity contribution >= 4 is 11.6 Å². The third kappa shape index (κ3) is 2.20. The van der Waals surface area contributed by atoms with Gasteiger partial charge < -0.3 is 5.73 Å². The summed E-state index contributed by atoms with van der Waals surface area (Å²) in [6.07, 6.45) is 7.16. The summed E-state index contributed by atoms with van der Waals surface area (Å²) < 4.78 is 0. The van der Waals surface area contributed by atoms with Crippen LogP contribution < -0.4 is 5.73 Å². The van der Waals surface area contributed by atoms with E-state index in [1.165, 1.54) is 12.8 Å². The summed E-state index contributed by atoms with van der Waals surface area (Å²) in [6.45, 7) is 0. The molecule has 0 unspecified atom stereocenters. The molecule has 0 aliphatic heterocycles. The Morgan fingerprint density at radius 2 is 2.38 bits per heavy atom.